The molecule has 1 aromatic heterocycles. The summed E-state index contributed by atoms with van der Waals surface area (Å²) in [5.74, 6) is 2.21. The van der Waals surface area contributed by atoms with Crippen molar-refractivity contribution >= 4 is 29.9 Å². The number of nitrogens with two attached hydrogens (primary N) is 1. The molecule has 1 fully saturated rings. The van der Waals surface area contributed by atoms with Crippen molar-refractivity contribution in [3.05, 3.63) is 48.2 Å². The van der Waals surface area contributed by atoms with Gasteiger partial charge in [-0.25, -0.2) is 4.99 Å². The van der Waals surface area contributed by atoms with Crippen LogP contribution in [-0.4, -0.2) is 37.2 Å². The van der Waals surface area contributed by atoms with Gasteiger partial charge in [-0.1, -0.05) is 30.3 Å². The Balaban J connectivity index is 0.00000176. The minimum atomic E-state index is 0. The highest BCUT2D eigenvalue weighted by Gasteiger charge is 2.12. The molecule has 0 saturated carbocycles. The lowest BCUT2D eigenvalue weighted by atomic mass is 10.2. The summed E-state index contributed by atoms with van der Waals surface area (Å²) < 4.78 is 11.1. The summed E-state index contributed by atoms with van der Waals surface area (Å²) in [6, 6.07) is 13.9. The number of ether oxygens (including phenoxy) is 1. The largest absolute Gasteiger partial charge is 0.459 e. The summed E-state index contributed by atoms with van der Waals surface area (Å²) in [7, 11) is 0. The van der Waals surface area contributed by atoms with Crippen LogP contribution in [0.3, 0.4) is 0 Å². The molecule has 22 heavy (non-hydrogen) atoms. The highest BCUT2D eigenvalue weighted by molar-refractivity contribution is 14.0. The van der Waals surface area contributed by atoms with Crippen LogP contribution in [0.5, 0.6) is 0 Å². The van der Waals surface area contributed by atoms with Crippen molar-refractivity contribution in [2.75, 3.05) is 26.3 Å². The van der Waals surface area contributed by atoms with E-state index in [0.717, 1.165) is 30.2 Å². The maximum absolute atomic E-state index is 5.99. The van der Waals surface area contributed by atoms with Gasteiger partial charge in [0, 0.05) is 18.7 Å². The Morgan fingerprint density at radius 3 is 2.55 bits per heavy atom. The smallest absolute Gasteiger partial charge is 0.191 e. The molecule has 1 aromatic carbocycles. The topological polar surface area (TPSA) is 64.0 Å². The number of nitrogens with zero attached hydrogens (tertiary/aromatic N) is 2. The second-order valence-electron chi connectivity index (χ2n) is 4.91. The molecule has 0 amide bonds. The molecule has 0 radical (unpaired) electrons. The predicted octanol–water partition coefficient (Wildman–Crippen LogP) is 2.71. The van der Waals surface area contributed by atoms with Gasteiger partial charge in [-0.05, 0) is 12.1 Å². The molecule has 1 aliphatic rings. The molecule has 0 aliphatic carbocycles. The predicted molar refractivity (Wildman–Crippen MR) is 97.3 cm³/mol. The Morgan fingerprint density at radius 2 is 1.82 bits per heavy atom. The first-order valence-corrected chi connectivity index (χ1v) is 7.10. The standard InChI is InChI=1S/C16H19N3O2.HI/c17-16(19-8-10-20-11-9-19)18-12-14-6-7-15(21-14)13-4-2-1-3-5-13;/h1-7H,8-12H2,(H2,17,18);1H. The molecule has 2 heterocycles. The molecule has 0 spiro atoms. The lowest BCUT2D eigenvalue weighted by Gasteiger charge is -2.27. The van der Waals surface area contributed by atoms with Gasteiger partial charge < -0.3 is 19.8 Å². The normalized spacial score (nSPS) is 15.5. The second kappa shape index (κ2) is 8.19. The molecule has 0 bridgehead atoms. The van der Waals surface area contributed by atoms with E-state index >= 15 is 0 Å². The summed E-state index contributed by atoms with van der Waals surface area (Å²) >= 11 is 0. The molecule has 1 saturated heterocycles. The zero-order chi connectivity index (χ0) is 14.5. The van der Waals surface area contributed by atoms with E-state index in [1.54, 1.807) is 0 Å². The van der Waals surface area contributed by atoms with E-state index in [1.807, 2.05) is 47.4 Å². The van der Waals surface area contributed by atoms with Crippen molar-refractivity contribution in [3.8, 4) is 11.3 Å². The van der Waals surface area contributed by atoms with E-state index in [0.29, 0.717) is 25.7 Å². The number of rotatable bonds is 3. The minimum Gasteiger partial charge on any atom is -0.459 e. The molecular formula is C16H20IN3O2. The van der Waals surface area contributed by atoms with Crippen LogP contribution in [0.25, 0.3) is 11.3 Å². The van der Waals surface area contributed by atoms with E-state index in [4.69, 9.17) is 14.9 Å². The SMILES string of the molecule is I.NC(=NCc1ccc(-c2ccccc2)o1)N1CCOCC1. The minimum absolute atomic E-state index is 0. The third-order valence-electron chi connectivity index (χ3n) is 3.45. The van der Waals surface area contributed by atoms with Crippen LogP contribution in [0.15, 0.2) is 51.9 Å². The molecule has 118 valence electrons. The number of morpholine rings is 1. The summed E-state index contributed by atoms with van der Waals surface area (Å²) in [6.45, 7) is 3.45. The van der Waals surface area contributed by atoms with Crippen LogP contribution in [0.2, 0.25) is 0 Å². The molecular weight excluding hydrogens is 393 g/mol. The van der Waals surface area contributed by atoms with Crippen molar-refractivity contribution < 1.29 is 9.15 Å². The molecule has 3 rings (SSSR count). The summed E-state index contributed by atoms with van der Waals surface area (Å²) in [5.41, 5.74) is 7.06. The average Bonchev–Trinajstić information content (AvgIpc) is 3.03. The van der Waals surface area contributed by atoms with Crippen molar-refractivity contribution in [1.29, 1.82) is 0 Å². The first-order valence-electron chi connectivity index (χ1n) is 7.10. The van der Waals surface area contributed by atoms with E-state index in [1.165, 1.54) is 0 Å². The van der Waals surface area contributed by atoms with E-state index in [9.17, 15) is 0 Å². The fraction of sp³-hybridized carbons (Fsp3) is 0.312. The van der Waals surface area contributed by atoms with Crippen LogP contribution >= 0.6 is 24.0 Å². The Hall–Kier alpha value is -1.54. The van der Waals surface area contributed by atoms with Gasteiger partial charge in [0.15, 0.2) is 5.96 Å². The van der Waals surface area contributed by atoms with Gasteiger partial charge in [0.25, 0.3) is 0 Å². The number of benzene rings is 1. The first kappa shape index (κ1) is 16.8. The van der Waals surface area contributed by atoms with Gasteiger partial charge in [-0.3, -0.25) is 0 Å². The fourth-order valence-corrected chi connectivity index (χ4v) is 2.27. The maximum atomic E-state index is 5.99. The molecule has 5 nitrogen and oxygen atoms in total. The first-order chi connectivity index (χ1) is 10.3. The highest BCUT2D eigenvalue weighted by Crippen LogP contribution is 2.22. The molecule has 2 aromatic rings. The summed E-state index contributed by atoms with van der Waals surface area (Å²) in [4.78, 5) is 6.43. The Morgan fingerprint density at radius 1 is 1.09 bits per heavy atom. The fourth-order valence-electron chi connectivity index (χ4n) is 2.27. The number of guanidine groups is 1. The molecule has 1 aliphatic heterocycles. The molecule has 6 heteroatoms. The maximum Gasteiger partial charge on any atom is 0.191 e. The Bertz CT molecular complexity index is 607. The van der Waals surface area contributed by atoms with Crippen molar-refractivity contribution in [2.24, 2.45) is 10.7 Å². The number of furan rings is 1. The number of halogens is 1. The lowest BCUT2D eigenvalue weighted by molar-refractivity contribution is 0.0674. The van der Waals surface area contributed by atoms with Gasteiger partial charge in [-0.15, -0.1) is 24.0 Å². The average molecular weight is 413 g/mol. The van der Waals surface area contributed by atoms with Gasteiger partial charge in [-0.2, -0.15) is 0 Å². The van der Waals surface area contributed by atoms with E-state index in [-0.39, 0.29) is 24.0 Å². The number of aliphatic imine (C=N–C) groups is 1. The van der Waals surface area contributed by atoms with E-state index in [2.05, 4.69) is 4.99 Å². The molecule has 0 atom stereocenters. The quantitative estimate of drug-likeness (QED) is 0.478. The number of hydrogen-bond acceptors (Lipinski definition) is 3. The Labute approximate surface area is 147 Å². The van der Waals surface area contributed by atoms with Crippen molar-refractivity contribution in [2.45, 2.75) is 6.54 Å². The van der Waals surface area contributed by atoms with Crippen LogP contribution in [-0.2, 0) is 11.3 Å². The van der Waals surface area contributed by atoms with E-state index < -0.39 is 0 Å². The Kier molecular flexibility index (Phi) is 6.26. The zero-order valence-electron chi connectivity index (χ0n) is 12.3. The summed E-state index contributed by atoms with van der Waals surface area (Å²) in [6.07, 6.45) is 0. The van der Waals surface area contributed by atoms with Crippen LogP contribution in [0.4, 0.5) is 0 Å². The highest BCUT2D eigenvalue weighted by atomic mass is 127. The second-order valence-corrected chi connectivity index (χ2v) is 4.91. The number of hydrogen-bond donors (Lipinski definition) is 1. The van der Waals surface area contributed by atoms with Crippen LogP contribution in [0.1, 0.15) is 5.76 Å². The van der Waals surface area contributed by atoms with Crippen LogP contribution < -0.4 is 5.73 Å². The third-order valence-corrected chi connectivity index (χ3v) is 3.45. The third kappa shape index (κ3) is 4.23. The van der Waals surface area contributed by atoms with Gasteiger partial charge in [0.1, 0.15) is 18.1 Å². The van der Waals surface area contributed by atoms with Crippen LogP contribution in [0, 0.1) is 0 Å². The van der Waals surface area contributed by atoms with Crippen molar-refractivity contribution in [1.82, 2.24) is 4.90 Å². The van der Waals surface area contributed by atoms with Crippen molar-refractivity contribution in [3.63, 3.8) is 0 Å². The summed E-state index contributed by atoms with van der Waals surface area (Å²) in [5, 5.41) is 0. The van der Waals surface area contributed by atoms with Gasteiger partial charge >= 0.3 is 0 Å². The van der Waals surface area contributed by atoms with Gasteiger partial charge in [0.2, 0.25) is 0 Å². The molecule has 2 N–H and O–H groups in total. The molecule has 0 unspecified atom stereocenters. The lowest BCUT2D eigenvalue weighted by Crippen LogP contribution is -2.44. The van der Waals surface area contributed by atoms with Gasteiger partial charge in [0.05, 0.1) is 13.2 Å². The monoisotopic (exact) mass is 413 g/mol. The zero-order valence-corrected chi connectivity index (χ0v) is 14.6.